The topological polar surface area (TPSA) is 9.23 Å². The molecule has 11 rings (SSSR count). The van der Waals surface area contributed by atoms with E-state index in [1.807, 2.05) is 0 Å². The van der Waals surface area contributed by atoms with Gasteiger partial charge in [-0.15, -0.1) is 0 Å². The molecule has 0 N–H and O–H groups in total. The van der Waals surface area contributed by atoms with E-state index in [-0.39, 0.29) is 0 Å². The molecule has 1 atom stereocenters. The van der Waals surface area contributed by atoms with E-state index in [9.17, 15) is 0 Å². The molecular weight excluding hydrogens is 665 g/mol. The average molecular weight is 701 g/mol. The summed E-state index contributed by atoms with van der Waals surface area (Å²) in [7, 11) is 0. The van der Waals surface area contributed by atoms with Crippen molar-refractivity contribution in [3.05, 3.63) is 263 Å². The number of rotatable bonds is 5. The number of fused-ring (bicyclic) bond motifs is 7. The maximum atomic E-state index is 7.10. The molecule has 0 radical (unpaired) electrons. The van der Waals surface area contributed by atoms with E-state index < -0.39 is 10.8 Å². The summed E-state index contributed by atoms with van der Waals surface area (Å²) in [5.41, 5.74) is 13.4. The number of para-hydroxylation sites is 2. The molecule has 258 valence electrons. The number of ether oxygens (including phenoxy) is 1. The summed E-state index contributed by atoms with van der Waals surface area (Å²) < 4.78 is 7.10. The van der Waals surface area contributed by atoms with E-state index >= 15 is 0 Å². The van der Waals surface area contributed by atoms with Crippen molar-refractivity contribution in [3.63, 3.8) is 0 Å². The van der Waals surface area contributed by atoms with Crippen molar-refractivity contribution in [2.75, 3.05) is 0 Å². The molecule has 1 aliphatic carbocycles. The fourth-order valence-electron chi connectivity index (χ4n) is 9.90. The standard InChI is InChI=1S/C54H36O/c1-4-20-39(21-5-1)53(40-22-6-2-7-23-40)47-31-14-15-33-50(47)55-52-44(29-17-32-49(52)53)38-19-16-26-42(36-38)54(41-24-8-3-9-25-41)46-30-13-12-28-45(46)51-43-27-11-10-18-37(43)34-35-48(51)54/h1-36H. The zero-order chi connectivity index (χ0) is 36.4. The highest BCUT2D eigenvalue weighted by atomic mass is 16.5. The molecular formula is C54H36O. The van der Waals surface area contributed by atoms with Gasteiger partial charge in [0.25, 0.3) is 0 Å². The Balaban J connectivity index is 1.20. The van der Waals surface area contributed by atoms with Crippen LogP contribution < -0.4 is 4.74 Å². The van der Waals surface area contributed by atoms with Crippen LogP contribution in [0.5, 0.6) is 11.5 Å². The minimum absolute atomic E-state index is 0.534. The second kappa shape index (κ2) is 12.3. The molecule has 0 amide bonds. The molecule has 9 aromatic rings. The quantitative estimate of drug-likeness (QED) is 0.174. The van der Waals surface area contributed by atoms with Crippen molar-refractivity contribution in [3.8, 4) is 33.8 Å². The summed E-state index contributed by atoms with van der Waals surface area (Å²) in [6.45, 7) is 0. The summed E-state index contributed by atoms with van der Waals surface area (Å²) >= 11 is 0. The highest BCUT2D eigenvalue weighted by Crippen LogP contribution is 2.60. The van der Waals surface area contributed by atoms with Crippen LogP contribution >= 0.6 is 0 Å². The lowest BCUT2D eigenvalue weighted by molar-refractivity contribution is 0.436. The Morgan fingerprint density at radius 2 is 0.855 bits per heavy atom. The predicted molar refractivity (Wildman–Crippen MR) is 225 cm³/mol. The van der Waals surface area contributed by atoms with Crippen LogP contribution in [0.4, 0.5) is 0 Å². The Kier molecular flexibility index (Phi) is 7.06. The number of hydrogen-bond donors (Lipinski definition) is 0. The van der Waals surface area contributed by atoms with Gasteiger partial charge in [0.2, 0.25) is 0 Å². The van der Waals surface area contributed by atoms with Gasteiger partial charge in [-0.2, -0.15) is 0 Å². The minimum atomic E-state index is -0.587. The second-order valence-corrected chi connectivity index (χ2v) is 14.7. The zero-order valence-electron chi connectivity index (χ0n) is 30.2. The third-order valence-electron chi connectivity index (χ3n) is 12.1. The Bertz CT molecular complexity index is 2850. The fourth-order valence-corrected chi connectivity index (χ4v) is 9.90. The van der Waals surface area contributed by atoms with Gasteiger partial charge in [0.05, 0.1) is 10.8 Å². The van der Waals surface area contributed by atoms with Gasteiger partial charge < -0.3 is 4.74 Å². The molecule has 0 aromatic heterocycles. The van der Waals surface area contributed by atoms with Crippen LogP contribution in [0.1, 0.15) is 44.5 Å². The summed E-state index contributed by atoms with van der Waals surface area (Å²) in [6.07, 6.45) is 0. The van der Waals surface area contributed by atoms with Crippen LogP contribution in [0.3, 0.4) is 0 Å². The molecule has 0 saturated carbocycles. The molecule has 1 nitrogen and oxygen atoms in total. The predicted octanol–water partition coefficient (Wildman–Crippen LogP) is 13.4. The van der Waals surface area contributed by atoms with Crippen LogP contribution in [-0.4, -0.2) is 0 Å². The average Bonchev–Trinajstić information content (AvgIpc) is 3.58. The van der Waals surface area contributed by atoms with Crippen molar-refractivity contribution in [2.24, 2.45) is 0 Å². The Morgan fingerprint density at radius 3 is 1.58 bits per heavy atom. The Morgan fingerprint density at radius 1 is 0.327 bits per heavy atom. The Hall–Kier alpha value is -6.96. The van der Waals surface area contributed by atoms with Gasteiger partial charge >= 0.3 is 0 Å². The summed E-state index contributed by atoms with van der Waals surface area (Å²) in [5, 5.41) is 2.53. The molecule has 1 heteroatoms. The van der Waals surface area contributed by atoms with Crippen molar-refractivity contribution in [1.82, 2.24) is 0 Å². The molecule has 55 heavy (non-hydrogen) atoms. The highest BCUT2D eigenvalue weighted by molar-refractivity contribution is 6.04. The third-order valence-corrected chi connectivity index (χ3v) is 12.1. The number of hydrogen-bond acceptors (Lipinski definition) is 1. The van der Waals surface area contributed by atoms with Crippen LogP contribution in [0.15, 0.2) is 218 Å². The van der Waals surface area contributed by atoms with Crippen molar-refractivity contribution < 1.29 is 4.74 Å². The van der Waals surface area contributed by atoms with E-state index in [1.165, 1.54) is 55.3 Å². The van der Waals surface area contributed by atoms with Crippen LogP contribution in [-0.2, 0) is 10.8 Å². The first-order valence-corrected chi connectivity index (χ1v) is 19.1. The summed E-state index contributed by atoms with van der Waals surface area (Å²) in [4.78, 5) is 0. The monoisotopic (exact) mass is 700 g/mol. The van der Waals surface area contributed by atoms with Crippen LogP contribution in [0.25, 0.3) is 33.0 Å². The van der Waals surface area contributed by atoms with Gasteiger partial charge in [0.15, 0.2) is 0 Å². The van der Waals surface area contributed by atoms with E-state index in [1.54, 1.807) is 0 Å². The van der Waals surface area contributed by atoms with Crippen LogP contribution in [0, 0.1) is 0 Å². The SMILES string of the molecule is c1ccc(C2(c3ccccc3)c3ccccc3Oc3c(-c4cccc(C5(c6ccccc6)c6ccccc6-c6c5ccc5ccccc65)c4)cccc32)cc1. The molecule has 0 saturated heterocycles. The van der Waals surface area contributed by atoms with Gasteiger partial charge in [0, 0.05) is 16.7 Å². The molecule has 0 fully saturated rings. The molecule has 9 aromatic carbocycles. The molecule has 1 unspecified atom stereocenters. The van der Waals surface area contributed by atoms with Crippen molar-refractivity contribution in [1.29, 1.82) is 0 Å². The maximum Gasteiger partial charge on any atom is 0.140 e. The maximum absolute atomic E-state index is 7.10. The van der Waals surface area contributed by atoms with Crippen LogP contribution in [0.2, 0.25) is 0 Å². The van der Waals surface area contributed by atoms with Gasteiger partial charge in [-0.25, -0.2) is 0 Å². The minimum Gasteiger partial charge on any atom is -0.456 e. The van der Waals surface area contributed by atoms with Gasteiger partial charge in [0.1, 0.15) is 11.5 Å². The van der Waals surface area contributed by atoms with E-state index in [2.05, 4.69) is 218 Å². The summed E-state index contributed by atoms with van der Waals surface area (Å²) in [5.74, 6) is 1.76. The van der Waals surface area contributed by atoms with Gasteiger partial charge in [-0.3, -0.25) is 0 Å². The second-order valence-electron chi connectivity index (χ2n) is 14.7. The highest BCUT2D eigenvalue weighted by Gasteiger charge is 2.48. The van der Waals surface area contributed by atoms with E-state index in [0.29, 0.717) is 0 Å². The van der Waals surface area contributed by atoms with Crippen molar-refractivity contribution >= 4 is 10.8 Å². The van der Waals surface area contributed by atoms with Crippen molar-refractivity contribution in [2.45, 2.75) is 10.8 Å². The molecule has 2 aliphatic rings. The lowest BCUT2D eigenvalue weighted by Crippen LogP contribution is -2.34. The third kappa shape index (κ3) is 4.41. The first kappa shape index (κ1) is 31.6. The largest absolute Gasteiger partial charge is 0.456 e. The smallest absolute Gasteiger partial charge is 0.140 e. The normalized spacial score (nSPS) is 16.0. The molecule has 0 bridgehead atoms. The van der Waals surface area contributed by atoms with E-state index in [0.717, 1.165) is 33.8 Å². The van der Waals surface area contributed by atoms with Gasteiger partial charge in [-0.1, -0.05) is 206 Å². The summed E-state index contributed by atoms with van der Waals surface area (Å²) in [6, 6.07) is 79.8. The Labute approximate surface area is 321 Å². The number of benzene rings is 9. The van der Waals surface area contributed by atoms with Gasteiger partial charge in [-0.05, 0) is 73.0 Å². The lowest BCUT2D eigenvalue weighted by atomic mass is 9.63. The van der Waals surface area contributed by atoms with E-state index in [4.69, 9.17) is 4.74 Å². The zero-order valence-corrected chi connectivity index (χ0v) is 30.2. The molecule has 1 heterocycles. The molecule has 0 spiro atoms. The first-order valence-electron chi connectivity index (χ1n) is 19.1. The first-order chi connectivity index (χ1) is 27.3. The molecule has 1 aliphatic heterocycles. The fraction of sp³-hybridized carbons (Fsp3) is 0.0370. The lowest BCUT2D eigenvalue weighted by Gasteiger charge is -2.42.